The van der Waals surface area contributed by atoms with Crippen molar-refractivity contribution >= 4 is 17.9 Å². The molecule has 7 nitrogen and oxygen atoms in total. The van der Waals surface area contributed by atoms with Gasteiger partial charge in [0.15, 0.2) is 18.1 Å². The molecule has 2 N–H and O–H groups in total. The van der Waals surface area contributed by atoms with E-state index in [1.165, 1.54) is 13.5 Å². The summed E-state index contributed by atoms with van der Waals surface area (Å²) in [4.78, 5) is 25.9. The molecule has 1 heterocycles. The Balaban J connectivity index is 1.78. The molecule has 1 aliphatic carbocycles. The minimum atomic E-state index is -0.557. The van der Waals surface area contributed by atoms with Gasteiger partial charge in [-0.05, 0) is 48.7 Å². The van der Waals surface area contributed by atoms with Gasteiger partial charge in [-0.2, -0.15) is 0 Å². The summed E-state index contributed by atoms with van der Waals surface area (Å²) < 4.78 is 16.1. The van der Waals surface area contributed by atoms with Gasteiger partial charge in [0.05, 0.1) is 13.4 Å². The number of benzene rings is 1. The first-order valence-corrected chi connectivity index (χ1v) is 10.2. The molecule has 7 heteroatoms. The summed E-state index contributed by atoms with van der Waals surface area (Å²) >= 11 is 0. The number of amides is 2. The lowest BCUT2D eigenvalue weighted by atomic mass is 9.93. The Hall–Kier alpha value is -3.22. The molecule has 3 rings (SSSR count). The van der Waals surface area contributed by atoms with Gasteiger partial charge >= 0.3 is 0 Å². The summed E-state index contributed by atoms with van der Waals surface area (Å²) in [5.41, 5.74) is 6.07. The van der Waals surface area contributed by atoms with Crippen LogP contribution >= 0.6 is 0 Å². The number of primary amides is 1. The summed E-state index contributed by atoms with van der Waals surface area (Å²) in [5, 5.41) is 0. The van der Waals surface area contributed by atoms with Gasteiger partial charge in [0, 0.05) is 18.7 Å². The molecular weight excluding hydrogens is 384 g/mol. The van der Waals surface area contributed by atoms with Gasteiger partial charge in [0.2, 0.25) is 5.91 Å². The molecule has 0 saturated heterocycles. The molecule has 0 radical (unpaired) electrons. The molecule has 1 fully saturated rings. The first-order valence-electron chi connectivity index (χ1n) is 10.2. The van der Waals surface area contributed by atoms with E-state index in [4.69, 9.17) is 19.6 Å². The molecule has 2 amide bonds. The summed E-state index contributed by atoms with van der Waals surface area (Å²) in [5.74, 6) is 0.971. The van der Waals surface area contributed by atoms with Crippen LogP contribution in [0.2, 0.25) is 0 Å². The van der Waals surface area contributed by atoms with Crippen molar-refractivity contribution in [2.75, 3.05) is 13.7 Å². The second-order valence-corrected chi connectivity index (χ2v) is 7.35. The smallest absolute Gasteiger partial charge is 0.255 e. The van der Waals surface area contributed by atoms with Crippen LogP contribution in [0.25, 0.3) is 6.08 Å². The third-order valence-electron chi connectivity index (χ3n) is 5.18. The monoisotopic (exact) mass is 412 g/mol. The lowest BCUT2D eigenvalue weighted by molar-refractivity contribution is -0.129. The number of ether oxygens (including phenoxy) is 2. The van der Waals surface area contributed by atoms with Gasteiger partial charge in [-0.15, -0.1) is 0 Å². The highest BCUT2D eigenvalue weighted by molar-refractivity contribution is 5.91. The van der Waals surface area contributed by atoms with E-state index in [2.05, 4.69) is 0 Å². The van der Waals surface area contributed by atoms with Gasteiger partial charge < -0.3 is 24.5 Å². The maximum absolute atomic E-state index is 13.0. The quantitative estimate of drug-likeness (QED) is 0.636. The third-order valence-corrected chi connectivity index (χ3v) is 5.18. The molecule has 2 aromatic rings. The number of hydrogen-bond donors (Lipinski definition) is 1. The van der Waals surface area contributed by atoms with E-state index in [0.29, 0.717) is 23.8 Å². The molecule has 30 heavy (non-hydrogen) atoms. The molecule has 1 aromatic heterocycles. The Bertz CT molecular complexity index is 870. The van der Waals surface area contributed by atoms with E-state index in [-0.39, 0.29) is 18.6 Å². The number of furan rings is 1. The molecule has 0 aliphatic heterocycles. The Labute approximate surface area is 176 Å². The molecule has 0 atom stereocenters. The zero-order chi connectivity index (χ0) is 21.3. The van der Waals surface area contributed by atoms with Crippen molar-refractivity contribution in [3.05, 3.63) is 54.0 Å². The average Bonchev–Trinajstić information content (AvgIpc) is 3.29. The van der Waals surface area contributed by atoms with Crippen molar-refractivity contribution in [2.45, 2.75) is 44.7 Å². The minimum Gasteiger partial charge on any atom is -0.493 e. The van der Waals surface area contributed by atoms with Crippen molar-refractivity contribution in [1.29, 1.82) is 0 Å². The fraction of sp³-hybridized carbons (Fsp3) is 0.391. The van der Waals surface area contributed by atoms with Crippen molar-refractivity contribution in [2.24, 2.45) is 5.73 Å². The van der Waals surface area contributed by atoms with Crippen LogP contribution in [0, 0.1) is 0 Å². The number of nitrogens with zero attached hydrogens (tertiary/aromatic N) is 1. The van der Waals surface area contributed by atoms with Crippen LogP contribution in [0.15, 0.2) is 47.1 Å². The van der Waals surface area contributed by atoms with Gasteiger partial charge in [-0.25, -0.2) is 0 Å². The Kier molecular flexibility index (Phi) is 7.54. The van der Waals surface area contributed by atoms with Crippen LogP contribution in [-0.2, 0) is 16.1 Å². The van der Waals surface area contributed by atoms with E-state index >= 15 is 0 Å². The molecule has 0 bridgehead atoms. The van der Waals surface area contributed by atoms with Crippen molar-refractivity contribution in [3.63, 3.8) is 0 Å². The number of carbonyl (C=O) groups is 2. The first-order chi connectivity index (χ1) is 14.6. The topological polar surface area (TPSA) is 95.0 Å². The van der Waals surface area contributed by atoms with Crippen molar-refractivity contribution in [1.82, 2.24) is 4.90 Å². The number of methoxy groups -OCH3 is 1. The summed E-state index contributed by atoms with van der Waals surface area (Å²) in [6, 6.07) is 9.23. The largest absolute Gasteiger partial charge is 0.493 e. The molecule has 160 valence electrons. The molecule has 0 spiro atoms. The third kappa shape index (κ3) is 5.89. The maximum Gasteiger partial charge on any atom is 0.255 e. The fourth-order valence-electron chi connectivity index (χ4n) is 3.69. The first kappa shape index (κ1) is 21.5. The second kappa shape index (κ2) is 10.5. The van der Waals surface area contributed by atoms with Crippen molar-refractivity contribution in [3.8, 4) is 11.5 Å². The lowest BCUT2D eigenvalue weighted by Crippen LogP contribution is -2.40. The molecule has 0 unspecified atom stereocenters. The van der Waals surface area contributed by atoms with Gasteiger partial charge in [-0.1, -0.05) is 25.3 Å². The second-order valence-electron chi connectivity index (χ2n) is 7.35. The van der Waals surface area contributed by atoms with Crippen LogP contribution in [0.1, 0.15) is 43.4 Å². The van der Waals surface area contributed by atoms with E-state index in [0.717, 1.165) is 31.2 Å². The van der Waals surface area contributed by atoms with Crippen LogP contribution in [-0.4, -0.2) is 36.5 Å². The predicted molar refractivity (Wildman–Crippen MR) is 113 cm³/mol. The van der Waals surface area contributed by atoms with Crippen LogP contribution in [0.3, 0.4) is 0 Å². The standard InChI is InChI=1S/C23H28N2O5/c1-28-21-14-17(9-11-20(21)30-16-22(24)26)15-25(18-6-3-2-4-7-18)23(27)12-10-19-8-5-13-29-19/h5,8-14,18H,2-4,6-7,15-16H2,1H3,(H2,24,26)/b12-10+. The highest BCUT2D eigenvalue weighted by Gasteiger charge is 2.24. The van der Waals surface area contributed by atoms with Crippen LogP contribution in [0.4, 0.5) is 0 Å². The maximum atomic E-state index is 13.0. The van der Waals surface area contributed by atoms with Gasteiger partial charge in [0.1, 0.15) is 5.76 Å². The van der Waals surface area contributed by atoms with E-state index < -0.39 is 5.91 Å². The summed E-state index contributed by atoms with van der Waals surface area (Å²) in [6.07, 6.45) is 10.3. The van der Waals surface area contributed by atoms with Crippen molar-refractivity contribution < 1.29 is 23.5 Å². The van der Waals surface area contributed by atoms with E-state index in [1.54, 1.807) is 30.5 Å². The van der Waals surface area contributed by atoms with Gasteiger partial charge in [0.25, 0.3) is 5.91 Å². The number of carbonyl (C=O) groups excluding carboxylic acids is 2. The fourth-order valence-corrected chi connectivity index (χ4v) is 3.69. The summed E-state index contributed by atoms with van der Waals surface area (Å²) in [7, 11) is 1.53. The van der Waals surface area contributed by atoms with Crippen LogP contribution in [0.5, 0.6) is 11.5 Å². The molecule has 1 saturated carbocycles. The normalized spacial score (nSPS) is 14.6. The number of nitrogens with two attached hydrogens (primary N) is 1. The Morgan fingerprint density at radius 2 is 2.00 bits per heavy atom. The molecule has 1 aliphatic rings. The Morgan fingerprint density at radius 1 is 1.20 bits per heavy atom. The van der Waals surface area contributed by atoms with E-state index in [1.807, 2.05) is 23.1 Å². The lowest BCUT2D eigenvalue weighted by Gasteiger charge is -2.34. The zero-order valence-corrected chi connectivity index (χ0v) is 17.2. The zero-order valence-electron chi connectivity index (χ0n) is 17.2. The minimum absolute atomic E-state index is 0.0497. The summed E-state index contributed by atoms with van der Waals surface area (Å²) in [6.45, 7) is 0.235. The highest BCUT2D eigenvalue weighted by atomic mass is 16.5. The number of rotatable bonds is 9. The molecule has 1 aromatic carbocycles. The molecular formula is C23H28N2O5. The van der Waals surface area contributed by atoms with Crippen LogP contribution < -0.4 is 15.2 Å². The van der Waals surface area contributed by atoms with E-state index in [9.17, 15) is 9.59 Å². The highest BCUT2D eigenvalue weighted by Crippen LogP contribution is 2.30. The Morgan fingerprint density at radius 3 is 2.67 bits per heavy atom. The predicted octanol–water partition coefficient (Wildman–Crippen LogP) is 3.53. The SMILES string of the molecule is COc1cc(CN(C(=O)/C=C/c2ccco2)C2CCCCC2)ccc1OCC(N)=O. The number of hydrogen-bond acceptors (Lipinski definition) is 5. The van der Waals surface area contributed by atoms with Gasteiger partial charge in [-0.3, -0.25) is 9.59 Å². The average molecular weight is 412 g/mol.